The second-order valence-electron chi connectivity index (χ2n) is 6.76. The summed E-state index contributed by atoms with van der Waals surface area (Å²) in [5, 5.41) is 12.4. The molecule has 20 heavy (non-hydrogen) atoms. The van der Waals surface area contributed by atoms with E-state index in [4.69, 9.17) is 0 Å². The second kappa shape index (κ2) is 4.90. The minimum atomic E-state index is -0.823. The lowest BCUT2D eigenvalue weighted by Crippen LogP contribution is -2.46. The van der Waals surface area contributed by atoms with Gasteiger partial charge in [0.25, 0.3) is 0 Å². The molecule has 2 N–H and O–H groups in total. The molecule has 0 aromatic heterocycles. The van der Waals surface area contributed by atoms with Crippen LogP contribution in [0, 0.1) is 29.1 Å². The van der Waals surface area contributed by atoms with Crippen molar-refractivity contribution in [1.29, 1.82) is 0 Å². The highest BCUT2D eigenvalue weighted by molar-refractivity contribution is 5.86. The van der Waals surface area contributed by atoms with Gasteiger partial charge in [0.15, 0.2) is 0 Å². The van der Waals surface area contributed by atoms with Crippen molar-refractivity contribution in [3.63, 3.8) is 0 Å². The van der Waals surface area contributed by atoms with Gasteiger partial charge in [0.2, 0.25) is 5.91 Å². The zero-order valence-electron chi connectivity index (χ0n) is 12.0. The number of carbonyl (C=O) groups is 2. The number of hydrogen-bond donors (Lipinski definition) is 2. The average molecular weight is 277 g/mol. The van der Waals surface area contributed by atoms with Crippen molar-refractivity contribution < 1.29 is 14.7 Å². The molecule has 4 heteroatoms. The molecule has 1 amide bonds. The Bertz CT molecular complexity index is 447. The van der Waals surface area contributed by atoms with Gasteiger partial charge in [-0.15, -0.1) is 0 Å². The zero-order valence-corrected chi connectivity index (χ0v) is 12.0. The summed E-state index contributed by atoms with van der Waals surface area (Å²) in [6, 6.07) is 0. The lowest BCUT2D eigenvalue weighted by molar-refractivity contribution is -0.148. The van der Waals surface area contributed by atoms with Crippen molar-refractivity contribution in [3.8, 4) is 0 Å². The van der Waals surface area contributed by atoms with Gasteiger partial charge in [0, 0.05) is 6.54 Å². The molecule has 2 saturated carbocycles. The van der Waals surface area contributed by atoms with Crippen molar-refractivity contribution in [3.05, 3.63) is 12.2 Å². The molecule has 0 heterocycles. The van der Waals surface area contributed by atoms with Gasteiger partial charge < -0.3 is 10.4 Å². The first-order valence-electron chi connectivity index (χ1n) is 7.75. The van der Waals surface area contributed by atoms with Crippen LogP contribution in [0.5, 0.6) is 0 Å². The van der Waals surface area contributed by atoms with Crippen LogP contribution in [-0.2, 0) is 9.59 Å². The fourth-order valence-electron chi connectivity index (χ4n) is 4.24. The number of rotatable bonds is 5. The van der Waals surface area contributed by atoms with Crippen LogP contribution in [0.2, 0.25) is 0 Å². The third kappa shape index (κ3) is 2.05. The molecule has 0 aliphatic heterocycles. The second-order valence-corrected chi connectivity index (χ2v) is 6.76. The lowest BCUT2D eigenvalue weighted by atomic mass is 9.67. The molecule has 3 aliphatic rings. The van der Waals surface area contributed by atoms with Crippen LogP contribution >= 0.6 is 0 Å². The highest BCUT2D eigenvalue weighted by Crippen LogP contribution is 2.48. The maximum absolute atomic E-state index is 12.4. The number of amides is 1. The van der Waals surface area contributed by atoms with Gasteiger partial charge in [0.05, 0.1) is 11.8 Å². The van der Waals surface area contributed by atoms with Gasteiger partial charge >= 0.3 is 5.97 Å². The minimum Gasteiger partial charge on any atom is -0.481 e. The first-order valence-corrected chi connectivity index (χ1v) is 7.75. The van der Waals surface area contributed by atoms with Crippen LogP contribution in [0.25, 0.3) is 0 Å². The SMILES string of the molecule is CCC1(CNC(=O)C2C3C=CC(C3)C2C(=O)O)CCC1. The van der Waals surface area contributed by atoms with E-state index in [0.29, 0.717) is 6.54 Å². The topological polar surface area (TPSA) is 66.4 Å². The van der Waals surface area contributed by atoms with E-state index >= 15 is 0 Å². The number of fused-ring (bicyclic) bond motifs is 2. The molecule has 2 bridgehead atoms. The molecule has 0 spiro atoms. The maximum Gasteiger partial charge on any atom is 0.307 e. The van der Waals surface area contributed by atoms with E-state index in [9.17, 15) is 14.7 Å². The fourth-order valence-corrected chi connectivity index (χ4v) is 4.24. The third-order valence-corrected chi connectivity index (χ3v) is 5.85. The number of aliphatic carboxylic acids is 1. The van der Waals surface area contributed by atoms with Crippen LogP contribution in [-0.4, -0.2) is 23.5 Å². The summed E-state index contributed by atoms with van der Waals surface area (Å²) in [7, 11) is 0. The number of carboxylic acid groups (broad SMARTS) is 1. The Hall–Kier alpha value is -1.32. The Balaban J connectivity index is 1.64. The van der Waals surface area contributed by atoms with Crippen LogP contribution in [0.4, 0.5) is 0 Å². The number of nitrogens with one attached hydrogen (secondary N) is 1. The predicted octanol–water partition coefficient (Wildman–Crippen LogP) is 2.21. The smallest absolute Gasteiger partial charge is 0.307 e. The Labute approximate surface area is 119 Å². The first-order chi connectivity index (χ1) is 9.56. The van der Waals surface area contributed by atoms with Crippen LogP contribution in [0.3, 0.4) is 0 Å². The number of hydrogen-bond acceptors (Lipinski definition) is 2. The molecule has 0 aromatic carbocycles. The molecule has 4 atom stereocenters. The van der Waals surface area contributed by atoms with E-state index in [1.54, 1.807) is 0 Å². The van der Waals surface area contributed by atoms with Gasteiger partial charge in [-0.1, -0.05) is 25.5 Å². The average Bonchev–Trinajstić information content (AvgIpc) is 2.97. The summed E-state index contributed by atoms with van der Waals surface area (Å²) in [5.41, 5.74) is 0.280. The molecular formula is C16H23NO3. The summed E-state index contributed by atoms with van der Waals surface area (Å²) in [6.45, 7) is 2.89. The van der Waals surface area contributed by atoms with Crippen LogP contribution in [0.15, 0.2) is 12.2 Å². The summed E-state index contributed by atoms with van der Waals surface area (Å²) in [6.07, 6.45) is 9.55. The minimum absolute atomic E-state index is 0.0472. The molecule has 0 aromatic rings. The summed E-state index contributed by atoms with van der Waals surface area (Å²) in [4.78, 5) is 23.9. The molecule has 3 rings (SSSR count). The van der Waals surface area contributed by atoms with E-state index in [-0.39, 0.29) is 29.1 Å². The predicted molar refractivity (Wildman–Crippen MR) is 74.9 cm³/mol. The zero-order chi connectivity index (χ0) is 14.3. The normalized spacial score (nSPS) is 36.6. The van der Waals surface area contributed by atoms with E-state index in [1.807, 2.05) is 12.2 Å². The summed E-state index contributed by atoms with van der Waals surface area (Å²) < 4.78 is 0. The number of allylic oxidation sites excluding steroid dienone is 2. The first kappa shape index (κ1) is 13.7. The molecule has 110 valence electrons. The van der Waals surface area contributed by atoms with Crippen molar-refractivity contribution in [1.82, 2.24) is 5.32 Å². The number of carbonyl (C=O) groups excluding carboxylic acids is 1. The largest absolute Gasteiger partial charge is 0.481 e. The van der Waals surface area contributed by atoms with Crippen molar-refractivity contribution in [2.45, 2.75) is 39.0 Å². The van der Waals surface area contributed by atoms with E-state index in [0.717, 1.165) is 12.8 Å². The molecule has 3 aliphatic carbocycles. The van der Waals surface area contributed by atoms with Crippen LogP contribution < -0.4 is 5.32 Å². The standard InChI is InChI=1S/C16H23NO3/c1-2-16(6-3-7-16)9-17-14(18)12-10-4-5-11(8-10)13(12)15(19)20/h4-5,10-13H,2-3,6-9H2,1H3,(H,17,18)(H,19,20). The Morgan fingerprint density at radius 3 is 2.40 bits per heavy atom. The number of carboxylic acids is 1. The van der Waals surface area contributed by atoms with Gasteiger partial charge in [-0.2, -0.15) is 0 Å². The van der Waals surface area contributed by atoms with Crippen molar-refractivity contribution in [2.75, 3.05) is 6.54 Å². The van der Waals surface area contributed by atoms with Gasteiger partial charge in [-0.3, -0.25) is 9.59 Å². The van der Waals surface area contributed by atoms with E-state index in [1.165, 1.54) is 19.3 Å². The monoisotopic (exact) mass is 277 g/mol. The highest BCUT2D eigenvalue weighted by atomic mass is 16.4. The molecular weight excluding hydrogens is 254 g/mol. The molecule has 0 saturated heterocycles. The van der Waals surface area contributed by atoms with Crippen LogP contribution in [0.1, 0.15) is 39.0 Å². The summed E-state index contributed by atoms with van der Waals surface area (Å²) >= 11 is 0. The molecule has 0 radical (unpaired) electrons. The Kier molecular flexibility index (Phi) is 3.35. The third-order valence-electron chi connectivity index (χ3n) is 5.85. The molecule has 4 nitrogen and oxygen atoms in total. The summed E-state index contributed by atoms with van der Waals surface area (Å²) in [5.74, 6) is -1.58. The highest BCUT2D eigenvalue weighted by Gasteiger charge is 2.51. The van der Waals surface area contributed by atoms with Crippen molar-refractivity contribution in [2.24, 2.45) is 29.1 Å². The lowest BCUT2D eigenvalue weighted by Gasteiger charge is -2.41. The Morgan fingerprint density at radius 2 is 1.90 bits per heavy atom. The maximum atomic E-state index is 12.4. The molecule has 2 fully saturated rings. The fraction of sp³-hybridized carbons (Fsp3) is 0.750. The van der Waals surface area contributed by atoms with Crippen molar-refractivity contribution >= 4 is 11.9 Å². The van der Waals surface area contributed by atoms with E-state index < -0.39 is 11.9 Å². The Morgan fingerprint density at radius 1 is 1.25 bits per heavy atom. The molecule has 4 unspecified atom stereocenters. The van der Waals surface area contributed by atoms with Gasteiger partial charge in [-0.05, 0) is 42.9 Å². The van der Waals surface area contributed by atoms with Gasteiger partial charge in [0.1, 0.15) is 0 Å². The van der Waals surface area contributed by atoms with Gasteiger partial charge in [-0.25, -0.2) is 0 Å². The van der Waals surface area contributed by atoms with E-state index in [2.05, 4.69) is 12.2 Å². The quantitative estimate of drug-likeness (QED) is 0.757.